The van der Waals surface area contributed by atoms with Crippen molar-refractivity contribution < 1.29 is 4.84 Å². The van der Waals surface area contributed by atoms with Crippen molar-refractivity contribution in [2.24, 2.45) is 5.16 Å². The summed E-state index contributed by atoms with van der Waals surface area (Å²) in [6.07, 6.45) is 1.64. The van der Waals surface area contributed by atoms with E-state index in [1.807, 2.05) is 24.3 Å². The Morgan fingerprint density at radius 2 is 2.60 bits per heavy atom. The largest absolute Gasteiger partial charge is 0.399 e. The molecule has 0 aliphatic heterocycles. The van der Waals surface area contributed by atoms with Gasteiger partial charge in [-0.05, 0) is 17.7 Å². The van der Waals surface area contributed by atoms with Gasteiger partial charge in [-0.15, -0.1) is 0 Å². The van der Waals surface area contributed by atoms with E-state index in [2.05, 4.69) is 16.1 Å². The first-order chi connectivity index (χ1) is 4.93. The molecular formula is C8H8NO. The molecule has 0 unspecified atom stereocenters. The minimum atomic E-state index is 0.990. The van der Waals surface area contributed by atoms with Crippen molar-refractivity contribution in [1.82, 2.24) is 0 Å². The van der Waals surface area contributed by atoms with Crippen molar-refractivity contribution in [2.45, 2.75) is 0 Å². The minimum Gasteiger partial charge on any atom is -0.399 e. The maximum Gasteiger partial charge on any atom is 0.106 e. The Morgan fingerprint density at radius 1 is 1.70 bits per heavy atom. The van der Waals surface area contributed by atoms with Crippen LogP contribution in [0.2, 0.25) is 0 Å². The molecule has 10 heavy (non-hydrogen) atoms. The van der Waals surface area contributed by atoms with Gasteiger partial charge in [0.2, 0.25) is 0 Å². The van der Waals surface area contributed by atoms with Crippen LogP contribution in [0, 0.1) is 6.07 Å². The summed E-state index contributed by atoms with van der Waals surface area (Å²) in [5.41, 5.74) is 0.990. The second-order valence-electron chi connectivity index (χ2n) is 1.75. The normalized spacial score (nSPS) is 10.1. The van der Waals surface area contributed by atoms with Crippen molar-refractivity contribution in [3.05, 3.63) is 35.9 Å². The van der Waals surface area contributed by atoms with Gasteiger partial charge in [-0.3, -0.25) is 0 Å². The Morgan fingerprint density at radius 3 is 3.20 bits per heavy atom. The van der Waals surface area contributed by atoms with Gasteiger partial charge in [0.15, 0.2) is 0 Å². The van der Waals surface area contributed by atoms with Crippen LogP contribution in [-0.2, 0) is 4.84 Å². The molecule has 0 aromatic heterocycles. The van der Waals surface area contributed by atoms with Crippen LogP contribution in [-0.4, -0.2) is 13.3 Å². The summed E-state index contributed by atoms with van der Waals surface area (Å²) in [6, 6.07) is 10.4. The summed E-state index contributed by atoms with van der Waals surface area (Å²) >= 11 is 0. The number of oxime groups is 1. The molecule has 1 aromatic carbocycles. The molecule has 0 bridgehead atoms. The van der Waals surface area contributed by atoms with Gasteiger partial charge >= 0.3 is 0 Å². The molecule has 0 N–H and O–H groups in total. The standard InChI is InChI=1S/C8H8NO/c1-10-9-7-8-5-3-2-4-6-8/h2-3,5-7H,1H3. The van der Waals surface area contributed by atoms with E-state index in [1.54, 1.807) is 6.21 Å². The molecular weight excluding hydrogens is 126 g/mol. The van der Waals surface area contributed by atoms with Crippen LogP contribution in [0.25, 0.3) is 0 Å². The number of hydrogen-bond donors (Lipinski definition) is 0. The molecule has 1 radical (unpaired) electrons. The highest BCUT2D eigenvalue weighted by atomic mass is 16.6. The van der Waals surface area contributed by atoms with Crippen LogP contribution in [0.4, 0.5) is 0 Å². The van der Waals surface area contributed by atoms with Crippen molar-refractivity contribution >= 4 is 6.21 Å². The molecule has 0 aliphatic carbocycles. The van der Waals surface area contributed by atoms with Crippen molar-refractivity contribution in [3.8, 4) is 0 Å². The van der Waals surface area contributed by atoms with E-state index in [1.165, 1.54) is 7.11 Å². The van der Waals surface area contributed by atoms with Gasteiger partial charge < -0.3 is 4.84 Å². The lowest BCUT2D eigenvalue weighted by Gasteiger charge is -1.87. The molecule has 0 spiro atoms. The zero-order valence-corrected chi connectivity index (χ0v) is 5.74. The molecule has 0 atom stereocenters. The lowest BCUT2D eigenvalue weighted by Crippen LogP contribution is -1.79. The van der Waals surface area contributed by atoms with Crippen molar-refractivity contribution in [3.63, 3.8) is 0 Å². The van der Waals surface area contributed by atoms with Crippen LogP contribution in [0.15, 0.2) is 29.4 Å². The van der Waals surface area contributed by atoms with E-state index in [-0.39, 0.29) is 0 Å². The Kier molecular flexibility index (Phi) is 2.49. The predicted molar refractivity (Wildman–Crippen MR) is 39.9 cm³/mol. The predicted octanol–water partition coefficient (Wildman–Crippen LogP) is 1.47. The van der Waals surface area contributed by atoms with Crippen LogP contribution in [0.5, 0.6) is 0 Å². The van der Waals surface area contributed by atoms with Crippen LogP contribution in [0.3, 0.4) is 0 Å². The lowest BCUT2D eigenvalue weighted by molar-refractivity contribution is 0.215. The monoisotopic (exact) mass is 134 g/mol. The zero-order valence-electron chi connectivity index (χ0n) is 5.74. The molecule has 0 saturated carbocycles. The summed E-state index contributed by atoms with van der Waals surface area (Å²) in [6.45, 7) is 0. The summed E-state index contributed by atoms with van der Waals surface area (Å²) in [5.74, 6) is 0. The molecule has 2 heteroatoms. The highest BCUT2D eigenvalue weighted by molar-refractivity contribution is 5.78. The third-order valence-electron chi connectivity index (χ3n) is 1.04. The zero-order chi connectivity index (χ0) is 7.23. The number of benzene rings is 1. The first kappa shape index (κ1) is 6.81. The average molecular weight is 134 g/mol. The molecule has 0 amide bonds. The minimum absolute atomic E-state index is 0.990. The topological polar surface area (TPSA) is 21.6 Å². The summed E-state index contributed by atoms with van der Waals surface area (Å²) in [4.78, 5) is 4.50. The van der Waals surface area contributed by atoms with Gasteiger partial charge in [0, 0.05) is 0 Å². The summed E-state index contributed by atoms with van der Waals surface area (Å²) in [5, 5.41) is 3.60. The summed E-state index contributed by atoms with van der Waals surface area (Å²) < 4.78 is 0. The van der Waals surface area contributed by atoms with Crippen molar-refractivity contribution in [2.75, 3.05) is 7.11 Å². The van der Waals surface area contributed by atoms with Gasteiger partial charge in [0.25, 0.3) is 0 Å². The lowest BCUT2D eigenvalue weighted by atomic mass is 10.2. The summed E-state index contributed by atoms with van der Waals surface area (Å²) in [7, 11) is 1.52. The van der Waals surface area contributed by atoms with Gasteiger partial charge in [-0.2, -0.15) is 0 Å². The number of hydrogen-bond acceptors (Lipinski definition) is 2. The van der Waals surface area contributed by atoms with Crippen LogP contribution in [0.1, 0.15) is 5.56 Å². The highest BCUT2D eigenvalue weighted by Gasteiger charge is 1.81. The molecule has 0 heterocycles. The molecule has 2 nitrogen and oxygen atoms in total. The van der Waals surface area contributed by atoms with E-state index >= 15 is 0 Å². The highest BCUT2D eigenvalue weighted by Crippen LogP contribution is 1.92. The number of nitrogens with zero attached hydrogens (tertiary/aromatic N) is 1. The fourth-order valence-corrected chi connectivity index (χ4v) is 0.601. The smallest absolute Gasteiger partial charge is 0.106 e. The van der Waals surface area contributed by atoms with E-state index in [0.717, 1.165) is 5.56 Å². The average Bonchev–Trinajstić information content (AvgIpc) is 2.03. The van der Waals surface area contributed by atoms with Gasteiger partial charge in [0.05, 0.1) is 6.21 Å². The van der Waals surface area contributed by atoms with E-state index in [9.17, 15) is 0 Å². The van der Waals surface area contributed by atoms with E-state index in [4.69, 9.17) is 0 Å². The van der Waals surface area contributed by atoms with Gasteiger partial charge in [0.1, 0.15) is 7.11 Å². The second-order valence-corrected chi connectivity index (χ2v) is 1.75. The molecule has 0 saturated heterocycles. The third-order valence-corrected chi connectivity index (χ3v) is 1.04. The first-order valence-corrected chi connectivity index (χ1v) is 2.96. The maximum absolute atomic E-state index is 4.50. The van der Waals surface area contributed by atoms with Crippen LogP contribution >= 0.6 is 0 Å². The molecule has 1 aromatic rings. The Bertz CT molecular complexity index is 206. The fourth-order valence-electron chi connectivity index (χ4n) is 0.601. The van der Waals surface area contributed by atoms with E-state index < -0.39 is 0 Å². The Hall–Kier alpha value is -1.31. The number of rotatable bonds is 2. The Balaban J connectivity index is 2.67. The molecule has 0 aliphatic rings. The Labute approximate surface area is 60.1 Å². The SMILES string of the molecule is CON=Cc1c[c]ccc1. The van der Waals surface area contributed by atoms with Gasteiger partial charge in [-0.25, -0.2) is 0 Å². The third kappa shape index (κ3) is 1.90. The first-order valence-electron chi connectivity index (χ1n) is 2.96. The quantitative estimate of drug-likeness (QED) is 0.443. The van der Waals surface area contributed by atoms with E-state index in [0.29, 0.717) is 0 Å². The molecule has 1 rings (SSSR count). The molecule has 0 fully saturated rings. The molecule has 51 valence electrons. The fraction of sp³-hybridized carbons (Fsp3) is 0.125. The van der Waals surface area contributed by atoms with Gasteiger partial charge in [-0.1, -0.05) is 23.4 Å². The maximum atomic E-state index is 4.50. The second kappa shape index (κ2) is 3.67. The van der Waals surface area contributed by atoms with Crippen LogP contribution < -0.4 is 0 Å². The van der Waals surface area contributed by atoms with Crippen molar-refractivity contribution in [1.29, 1.82) is 0 Å².